The van der Waals surface area contributed by atoms with Gasteiger partial charge in [-0.3, -0.25) is 0 Å². The van der Waals surface area contributed by atoms with Crippen molar-refractivity contribution in [2.24, 2.45) is 0 Å². The van der Waals surface area contributed by atoms with Crippen molar-refractivity contribution in [3.8, 4) is 0 Å². The van der Waals surface area contributed by atoms with E-state index < -0.39 is 0 Å². The summed E-state index contributed by atoms with van der Waals surface area (Å²) in [6, 6.07) is 0. The molecule has 0 amide bonds. The molecule has 0 fully saturated rings. The van der Waals surface area contributed by atoms with E-state index in [1.807, 2.05) is 0 Å². The minimum atomic E-state index is -0.0247. The van der Waals surface area contributed by atoms with E-state index in [0.717, 1.165) is 0 Å². The summed E-state index contributed by atoms with van der Waals surface area (Å²) >= 11 is -0.0247. The zero-order chi connectivity index (χ0) is 9.71. The number of nitrogens with zero attached hydrogens (tertiary/aromatic N) is 3. The standard InChI is InChI=1S/C10H11N3.Pt/c1-11-5-3-4-10(8-11)13-7-6-12(2)9-13;/h3-7H,1-2H3;. The van der Waals surface area contributed by atoms with Gasteiger partial charge in [0.25, 0.3) is 0 Å². The first kappa shape index (κ1) is 8.36. The van der Waals surface area contributed by atoms with Crippen LogP contribution in [-0.4, -0.2) is 37.0 Å². The van der Waals surface area contributed by atoms with Gasteiger partial charge < -0.3 is 0 Å². The molecule has 0 spiro atoms. The minimum absolute atomic E-state index is 0.0247. The fourth-order valence-corrected chi connectivity index (χ4v) is 4.71. The monoisotopic (exact) mass is 368 g/mol. The molecule has 0 atom stereocenters. The molecule has 0 bridgehead atoms. The summed E-state index contributed by atoms with van der Waals surface area (Å²) in [7, 11) is 4.25. The van der Waals surface area contributed by atoms with E-state index in [9.17, 15) is 0 Å². The van der Waals surface area contributed by atoms with E-state index in [1.165, 1.54) is 13.9 Å². The Morgan fingerprint density at radius 3 is 2.79 bits per heavy atom. The Labute approximate surface area is 91.1 Å². The topological polar surface area (TPSA) is 9.72 Å². The van der Waals surface area contributed by atoms with Crippen molar-refractivity contribution >= 4 is 8.17 Å². The van der Waals surface area contributed by atoms with E-state index in [4.69, 9.17) is 0 Å². The van der Waals surface area contributed by atoms with E-state index in [-0.39, 0.29) is 17.6 Å². The van der Waals surface area contributed by atoms with Gasteiger partial charge in [0, 0.05) is 0 Å². The number of rotatable bonds is 0. The Kier molecular flexibility index (Phi) is 1.65. The van der Waals surface area contributed by atoms with Crippen LogP contribution in [0.15, 0.2) is 36.4 Å². The molecule has 4 heteroatoms. The van der Waals surface area contributed by atoms with Crippen LogP contribution in [0.5, 0.6) is 0 Å². The van der Waals surface area contributed by atoms with Crippen molar-refractivity contribution in [2.45, 2.75) is 0 Å². The molecule has 76 valence electrons. The normalized spacial score (nSPS) is 23.9. The first-order valence-corrected chi connectivity index (χ1v) is 6.69. The predicted molar refractivity (Wildman–Crippen MR) is 53.7 cm³/mol. The van der Waals surface area contributed by atoms with Crippen molar-refractivity contribution in [3.05, 3.63) is 36.4 Å². The van der Waals surface area contributed by atoms with Crippen molar-refractivity contribution in [1.29, 1.82) is 0 Å². The molecule has 3 heterocycles. The van der Waals surface area contributed by atoms with Crippen molar-refractivity contribution < 1.29 is 17.6 Å². The Morgan fingerprint density at radius 1 is 1.07 bits per heavy atom. The van der Waals surface area contributed by atoms with Gasteiger partial charge in [-0.25, -0.2) is 0 Å². The maximum absolute atomic E-state index is 2.31. The Bertz CT molecular complexity index is 452. The fraction of sp³-hybridized carbons (Fsp3) is 0.200. The van der Waals surface area contributed by atoms with E-state index >= 15 is 0 Å². The summed E-state index contributed by atoms with van der Waals surface area (Å²) < 4.78 is 2.96. The average Bonchev–Trinajstić information content (AvgIpc) is 2.69. The second-order valence-electron chi connectivity index (χ2n) is 3.37. The van der Waals surface area contributed by atoms with Crippen molar-refractivity contribution in [1.82, 2.24) is 14.7 Å². The van der Waals surface area contributed by atoms with Gasteiger partial charge in [-0.05, 0) is 0 Å². The van der Waals surface area contributed by atoms with Crippen LogP contribution in [-0.2, 0) is 17.6 Å². The quantitative estimate of drug-likeness (QED) is 0.612. The SMILES string of the molecule is CN1C=CC=C2[C]1=[Pt]=[C]1N(C)C=CN21. The maximum atomic E-state index is 2.31. The van der Waals surface area contributed by atoms with Gasteiger partial charge >= 0.3 is 91.1 Å². The Morgan fingerprint density at radius 2 is 1.93 bits per heavy atom. The van der Waals surface area contributed by atoms with Gasteiger partial charge in [-0.15, -0.1) is 0 Å². The summed E-state index contributed by atoms with van der Waals surface area (Å²) in [5, 5.41) is 0. The average molecular weight is 368 g/mol. The predicted octanol–water partition coefficient (Wildman–Crippen LogP) is 0.361. The van der Waals surface area contributed by atoms with Crippen LogP contribution < -0.4 is 0 Å². The third kappa shape index (κ3) is 0.962. The van der Waals surface area contributed by atoms with Gasteiger partial charge in [-0.1, -0.05) is 0 Å². The molecule has 3 rings (SSSR count). The van der Waals surface area contributed by atoms with E-state index in [1.54, 1.807) is 0 Å². The van der Waals surface area contributed by atoms with Crippen molar-refractivity contribution in [2.75, 3.05) is 14.1 Å². The van der Waals surface area contributed by atoms with E-state index in [2.05, 4.69) is 59.5 Å². The van der Waals surface area contributed by atoms with Gasteiger partial charge in [0.05, 0.1) is 0 Å². The first-order valence-electron chi connectivity index (χ1n) is 4.42. The van der Waals surface area contributed by atoms with Gasteiger partial charge in [0.1, 0.15) is 0 Å². The van der Waals surface area contributed by atoms with Gasteiger partial charge in [-0.2, -0.15) is 0 Å². The summed E-state index contributed by atoms with van der Waals surface area (Å²) in [6.45, 7) is 0. The van der Waals surface area contributed by atoms with Crippen LogP contribution in [0.25, 0.3) is 0 Å². The first-order chi connectivity index (χ1) is 6.77. The number of likely N-dealkylation sites (N-methyl/N-ethyl adjacent to an activating group) is 1. The van der Waals surface area contributed by atoms with E-state index in [0.29, 0.717) is 0 Å². The number of fused-ring (bicyclic) bond motifs is 3. The molecule has 0 saturated carbocycles. The molecule has 0 unspecified atom stereocenters. The summed E-state index contributed by atoms with van der Waals surface area (Å²) in [5.41, 5.74) is 1.36. The second-order valence-corrected chi connectivity index (χ2v) is 6.03. The molecule has 3 nitrogen and oxygen atoms in total. The number of hydrogen-bond donors (Lipinski definition) is 0. The molecule has 0 N–H and O–H groups in total. The van der Waals surface area contributed by atoms with Gasteiger partial charge in [0.15, 0.2) is 0 Å². The zero-order valence-corrected chi connectivity index (χ0v) is 10.3. The molecular weight excluding hydrogens is 357 g/mol. The molecule has 0 aromatic heterocycles. The van der Waals surface area contributed by atoms with Crippen molar-refractivity contribution in [3.63, 3.8) is 0 Å². The number of hydrogen-bond acceptors (Lipinski definition) is 3. The van der Waals surface area contributed by atoms with Crippen LogP contribution in [0.1, 0.15) is 0 Å². The molecule has 3 aliphatic heterocycles. The molecule has 0 radical (unpaired) electrons. The zero-order valence-electron chi connectivity index (χ0n) is 8.04. The molecule has 0 aromatic carbocycles. The van der Waals surface area contributed by atoms with Crippen LogP contribution in [0.2, 0.25) is 0 Å². The summed E-state index contributed by atoms with van der Waals surface area (Å²) in [6.07, 6.45) is 10.7. The van der Waals surface area contributed by atoms with Crippen LogP contribution in [0, 0.1) is 0 Å². The third-order valence-corrected chi connectivity index (χ3v) is 6.12. The Hall–Kier alpha value is -0.952. The summed E-state index contributed by atoms with van der Waals surface area (Å²) in [5.74, 6) is 0. The van der Waals surface area contributed by atoms with Crippen LogP contribution in [0.4, 0.5) is 0 Å². The molecular formula is C10H11N3Pt. The number of allylic oxidation sites excluding steroid dienone is 2. The molecule has 0 aromatic rings. The van der Waals surface area contributed by atoms with Gasteiger partial charge in [0.2, 0.25) is 0 Å². The fourth-order valence-electron chi connectivity index (χ4n) is 1.62. The summed E-state index contributed by atoms with van der Waals surface area (Å²) in [4.78, 5) is 6.78. The third-order valence-electron chi connectivity index (χ3n) is 2.34. The second kappa shape index (κ2) is 2.77. The molecule has 14 heavy (non-hydrogen) atoms. The molecule has 3 aliphatic rings. The van der Waals surface area contributed by atoms with Crippen LogP contribution >= 0.6 is 0 Å². The molecule has 0 saturated heterocycles. The molecule has 0 aliphatic carbocycles. The van der Waals surface area contributed by atoms with Crippen LogP contribution in [0.3, 0.4) is 0 Å². The Balaban J connectivity index is 2.16.